The van der Waals surface area contributed by atoms with Gasteiger partial charge in [0.1, 0.15) is 24.0 Å². The van der Waals surface area contributed by atoms with E-state index in [9.17, 15) is 4.39 Å². The molecule has 2 aromatic rings. The van der Waals surface area contributed by atoms with Crippen LogP contribution in [0.5, 0.6) is 5.75 Å². The van der Waals surface area contributed by atoms with Crippen molar-refractivity contribution in [2.45, 2.75) is 11.5 Å². The van der Waals surface area contributed by atoms with Crippen LogP contribution in [0.4, 0.5) is 4.39 Å². The molecule has 104 valence electrons. The molecule has 0 aliphatic rings. The summed E-state index contributed by atoms with van der Waals surface area (Å²) in [5, 5.41) is 7.46. The number of amidine groups is 1. The summed E-state index contributed by atoms with van der Waals surface area (Å²) in [6.07, 6.45) is 2.01. The van der Waals surface area contributed by atoms with E-state index in [0.717, 1.165) is 10.6 Å². The van der Waals surface area contributed by atoms with Gasteiger partial charge in [-0.3, -0.25) is 5.41 Å². The van der Waals surface area contributed by atoms with Crippen molar-refractivity contribution in [3.63, 3.8) is 0 Å². The second-order valence-corrected chi connectivity index (χ2v) is 5.06. The Bertz CT molecular complexity index is 614. The van der Waals surface area contributed by atoms with Gasteiger partial charge >= 0.3 is 0 Å². The quantitative estimate of drug-likeness (QED) is 0.504. The third-order valence-corrected chi connectivity index (χ3v) is 3.56. The van der Waals surface area contributed by atoms with Crippen LogP contribution >= 0.6 is 11.8 Å². The average molecular weight is 290 g/mol. The van der Waals surface area contributed by atoms with Crippen molar-refractivity contribution in [3.8, 4) is 5.75 Å². The molecule has 0 bridgehead atoms. The molecule has 0 fully saturated rings. The molecule has 0 radical (unpaired) electrons. The Morgan fingerprint density at radius 1 is 1.25 bits per heavy atom. The van der Waals surface area contributed by atoms with E-state index in [4.69, 9.17) is 15.9 Å². The van der Waals surface area contributed by atoms with Crippen LogP contribution in [0.3, 0.4) is 0 Å². The monoisotopic (exact) mass is 290 g/mol. The number of thioether (sulfide) groups is 1. The first-order chi connectivity index (χ1) is 9.60. The summed E-state index contributed by atoms with van der Waals surface area (Å²) in [6, 6.07) is 11.9. The molecule has 0 amide bonds. The number of nitrogen functional groups attached to an aromatic ring is 1. The molecule has 0 aliphatic carbocycles. The van der Waals surface area contributed by atoms with Gasteiger partial charge in [-0.05, 0) is 42.7 Å². The van der Waals surface area contributed by atoms with Crippen molar-refractivity contribution >= 4 is 17.6 Å². The van der Waals surface area contributed by atoms with Gasteiger partial charge in [0.05, 0.1) is 0 Å². The van der Waals surface area contributed by atoms with Gasteiger partial charge < -0.3 is 10.5 Å². The number of hydrogen-bond acceptors (Lipinski definition) is 3. The van der Waals surface area contributed by atoms with Crippen LogP contribution < -0.4 is 10.5 Å². The summed E-state index contributed by atoms with van der Waals surface area (Å²) in [4.78, 5) is 1.16. The molecule has 0 spiro atoms. The largest absolute Gasteiger partial charge is 0.489 e. The van der Waals surface area contributed by atoms with Crippen molar-refractivity contribution in [3.05, 3.63) is 59.4 Å². The molecule has 0 unspecified atom stereocenters. The lowest BCUT2D eigenvalue weighted by molar-refractivity contribution is 0.305. The predicted octanol–water partition coefficient (Wildman–Crippen LogP) is 3.41. The standard InChI is InChI=1S/C15H15FN2OS/c1-20-13-6-4-12(5-7-13)19-9-10-2-3-11(16)8-14(10)15(17)18/h2-8H,9H2,1H3,(H3,17,18). The first kappa shape index (κ1) is 14.4. The zero-order valence-electron chi connectivity index (χ0n) is 11.0. The number of halogens is 1. The Morgan fingerprint density at radius 3 is 2.55 bits per heavy atom. The van der Waals surface area contributed by atoms with Crippen LogP contribution in [0.2, 0.25) is 0 Å². The third kappa shape index (κ3) is 3.51. The van der Waals surface area contributed by atoms with E-state index < -0.39 is 5.82 Å². The van der Waals surface area contributed by atoms with E-state index >= 15 is 0 Å². The lowest BCUT2D eigenvalue weighted by Crippen LogP contribution is -2.15. The molecule has 3 nitrogen and oxygen atoms in total. The molecule has 0 saturated carbocycles. The van der Waals surface area contributed by atoms with Crippen LogP contribution in [-0.4, -0.2) is 12.1 Å². The van der Waals surface area contributed by atoms with E-state index in [1.807, 2.05) is 30.5 Å². The van der Waals surface area contributed by atoms with Crippen LogP contribution in [0, 0.1) is 11.2 Å². The zero-order chi connectivity index (χ0) is 14.5. The number of nitrogens with one attached hydrogen (secondary N) is 1. The van der Waals surface area contributed by atoms with Crippen LogP contribution in [0.25, 0.3) is 0 Å². The minimum atomic E-state index is -0.414. The molecular weight excluding hydrogens is 275 g/mol. The summed E-state index contributed by atoms with van der Waals surface area (Å²) in [5.41, 5.74) is 6.50. The summed E-state index contributed by atoms with van der Waals surface area (Å²) >= 11 is 1.66. The number of hydrogen-bond donors (Lipinski definition) is 2. The Kier molecular flexibility index (Phi) is 4.63. The van der Waals surface area contributed by atoms with E-state index in [0.29, 0.717) is 11.1 Å². The van der Waals surface area contributed by atoms with Crippen LogP contribution in [0.1, 0.15) is 11.1 Å². The highest BCUT2D eigenvalue weighted by Crippen LogP contribution is 2.20. The Hall–Kier alpha value is -2.01. The summed E-state index contributed by atoms with van der Waals surface area (Å²) in [5.74, 6) is 0.144. The zero-order valence-corrected chi connectivity index (χ0v) is 11.8. The van der Waals surface area contributed by atoms with Gasteiger partial charge in [-0.15, -0.1) is 11.8 Å². The lowest BCUT2D eigenvalue weighted by atomic mass is 10.1. The number of ether oxygens (including phenoxy) is 1. The highest BCUT2D eigenvalue weighted by molar-refractivity contribution is 7.98. The number of rotatable bonds is 5. The van der Waals surface area contributed by atoms with Gasteiger partial charge in [-0.25, -0.2) is 4.39 Å². The van der Waals surface area contributed by atoms with E-state index in [1.54, 1.807) is 17.8 Å². The lowest BCUT2D eigenvalue weighted by Gasteiger charge is -2.10. The molecule has 5 heteroatoms. The fourth-order valence-electron chi connectivity index (χ4n) is 1.76. The maximum atomic E-state index is 13.2. The highest BCUT2D eigenvalue weighted by atomic mass is 32.2. The average Bonchev–Trinajstić information content (AvgIpc) is 2.46. The van der Waals surface area contributed by atoms with Gasteiger partial charge in [0.2, 0.25) is 0 Å². The van der Waals surface area contributed by atoms with E-state index in [1.165, 1.54) is 12.1 Å². The second-order valence-electron chi connectivity index (χ2n) is 4.18. The molecule has 20 heavy (non-hydrogen) atoms. The molecule has 3 N–H and O–H groups in total. The minimum absolute atomic E-state index is 0.166. The fraction of sp³-hybridized carbons (Fsp3) is 0.133. The van der Waals surface area contributed by atoms with E-state index in [-0.39, 0.29) is 12.4 Å². The van der Waals surface area contributed by atoms with Gasteiger partial charge in [-0.2, -0.15) is 0 Å². The third-order valence-electron chi connectivity index (χ3n) is 2.82. The molecule has 0 aromatic heterocycles. The Labute approximate surface area is 121 Å². The highest BCUT2D eigenvalue weighted by Gasteiger charge is 2.08. The number of benzene rings is 2. The first-order valence-electron chi connectivity index (χ1n) is 6.00. The predicted molar refractivity (Wildman–Crippen MR) is 80.0 cm³/mol. The maximum Gasteiger partial charge on any atom is 0.123 e. The molecule has 0 aliphatic heterocycles. The normalized spacial score (nSPS) is 10.3. The summed E-state index contributed by atoms with van der Waals surface area (Å²) < 4.78 is 18.8. The fourth-order valence-corrected chi connectivity index (χ4v) is 2.17. The van der Waals surface area contributed by atoms with Crippen molar-refractivity contribution in [2.24, 2.45) is 5.73 Å². The Balaban J connectivity index is 2.12. The van der Waals surface area contributed by atoms with Crippen LogP contribution in [0.15, 0.2) is 47.4 Å². The van der Waals surface area contributed by atoms with Gasteiger partial charge in [-0.1, -0.05) is 6.07 Å². The van der Waals surface area contributed by atoms with E-state index in [2.05, 4.69) is 0 Å². The molecular formula is C15H15FN2OS. The van der Waals surface area contributed by atoms with Gasteiger partial charge in [0.25, 0.3) is 0 Å². The molecule has 0 saturated heterocycles. The molecule has 0 atom stereocenters. The van der Waals surface area contributed by atoms with Gasteiger partial charge in [0, 0.05) is 16.0 Å². The number of nitrogens with two attached hydrogens (primary N) is 1. The van der Waals surface area contributed by atoms with Gasteiger partial charge in [0.15, 0.2) is 0 Å². The topological polar surface area (TPSA) is 59.1 Å². The maximum absolute atomic E-state index is 13.2. The summed E-state index contributed by atoms with van der Waals surface area (Å²) in [7, 11) is 0. The molecule has 0 heterocycles. The molecule has 2 aromatic carbocycles. The SMILES string of the molecule is CSc1ccc(OCc2ccc(F)cc2C(=N)N)cc1. The van der Waals surface area contributed by atoms with Crippen LogP contribution in [-0.2, 0) is 6.61 Å². The molecule has 2 rings (SSSR count). The smallest absolute Gasteiger partial charge is 0.123 e. The first-order valence-corrected chi connectivity index (χ1v) is 7.22. The van der Waals surface area contributed by atoms with Crippen molar-refractivity contribution < 1.29 is 9.13 Å². The van der Waals surface area contributed by atoms with Crippen molar-refractivity contribution in [2.75, 3.05) is 6.26 Å². The minimum Gasteiger partial charge on any atom is -0.489 e. The second kappa shape index (κ2) is 6.43. The van der Waals surface area contributed by atoms with Crippen molar-refractivity contribution in [1.29, 1.82) is 5.41 Å². The Morgan fingerprint density at radius 2 is 1.95 bits per heavy atom. The van der Waals surface area contributed by atoms with Crippen molar-refractivity contribution in [1.82, 2.24) is 0 Å². The summed E-state index contributed by atoms with van der Waals surface area (Å²) in [6.45, 7) is 0.244.